The van der Waals surface area contributed by atoms with Crippen molar-refractivity contribution in [2.75, 3.05) is 11.9 Å². The molecule has 5 heteroatoms. The number of hydrogen-bond donors (Lipinski definition) is 1. The van der Waals surface area contributed by atoms with Crippen LogP contribution >= 0.6 is 0 Å². The van der Waals surface area contributed by atoms with Crippen LogP contribution in [0.4, 0.5) is 5.95 Å². The summed E-state index contributed by atoms with van der Waals surface area (Å²) in [4.78, 5) is 22.5. The zero-order valence-corrected chi connectivity index (χ0v) is 12.0. The predicted molar refractivity (Wildman–Crippen MR) is 81.1 cm³/mol. The quantitative estimate of drug-likeness (QED) is 0.911. The van der Waals surface area contributed by atoms with E-state index in [9.17, 15) is 4.79 Å². The number of amides is 1. The molecule has 5 nitrogen and oxygen atoms in total. The zero-order valence-electron chi connectivity index (χ0n) is 12.0. The van der Waals surface area contributed by atoms with E-state index < -0.39 is 0 Å². The highest BCUT2D eigenvalue weighted by Gasteiger charge is 2.24. The van der Waals surface area contributed by atoms with Crippen LogP contribution in [-0.4, -0.2) is 29.0 Å². The molecule has 1 saturated carbocycles. The molecule has 1 N–H and O–H groups in total. The second-order valence-corrected chi connectivity index (χ2v) is 5.33. The lowest BCUT2D eigenvalue weighted by atomic mass is 10.2. The van der Waals surface area contributed by atoms with Gasteiger partial charge in [-0.2, -0.15) is 0 Å². The fourth-order valence-electron chi connectivity index (χ4n) is 2.07. The van der Waals surface area contributed by atoms with Gasteiger partial charge in [0.1, 0.15) is 5.69 Å². The molecule has 1 aliphatic carbocycles. The van der Waals surface area contributed by atoms with Crippen LogP contribution in [-0.2, 0) is 6.54 Å². The van der Waals surface area contributed by atoms with Crippen molar-refractivity contribution < 1.29 is 4.79 Å². The number of hydrogen-bond acceptors (Lipinski definition) is 4. The van der Waals surface area contributed by atoms with Gasteiger partial charge < -0.3 is 10.2 Å². The lowest BCUT2D eigenvalue weighted by Gasteiger charge is -2.17. The monoisotopic (exact) mass is 282 g/mol. The number of nitrogens with zero attached hydrogens (tertiary/aromatic N) is 3. The van der Waals surface area contributed by atoms with Crippen molar-refractivity contribution >= 4 is 11.9 Å². The number of benzene rings is 1. The standard InChI is InChI=1S/C16H18N4O/c1-20(11-12-5-3-2-4-6-12)16-17-10-9-14(19-16)15(21)18-13-7-8-13/h2-6,9-10,13H,7-8,11H2,1H3,(H,18,21). The van der Waals surface area contributed by atoms with Gasteiger partial charge >= 0.3 is 0 Å². The summed E-state index contributed by atoms with van der Waals surface area (Å²) in [6.07, 6.45) is 3.76. The van der Waals surface area contributed by atoms with Gasteiger partial charge in [-0.15, -0.1) is 0 Å². The van der Waals surface area contributed by atoms with E-state index in [1.54, 1.807) is 12.3 Å². The van der Waals surface area contributed by atoms with Gasteiger partial charge in [0.25, 0.3) is 5.91 Å². The minimum atomic E-state index is -0.116. The van der Waals surface area contributed by atoms with Crippen molar-refractivity contribution in [3.05, 3.63) is 53.9 Å². The van der Waals surface area contributed by atoms with Crippen LogP contribution in [0.1, 0.15) is 28.9 Å². The van der Waals surface area contributed by atoms with E-state index in [1.165, 1.54) is 5.56 Å². The second kappa shape index (κ2) is 5.91. The first-order valence-electron chi connectivity index (χ1n) is 7.11. The maximum atomic E-state index is 12.0. The smallest absolute Gasteiger partial charge is 0.270 e. The largest absolute Gasteiger partial charge is 0.348 e. The summed E-state index contributed by atoms with van der Waals surface area (Å²) < 4.78 is 0. The van der Waals surface area contributed by atoms with Gasteiger partial charge in [-0.1, -0.05) is 30.3 Å². The third-order valence-corrected chi connectivity index (χ3v) is 3.39. The van der Waals surface area contributed by atoms with Gasteiger partial charge in [0.05, 0.1) is 0 Å². The van der Waals surface area contributed by atoms with Crippen LogP contribution in [0.5, 0.6) is 0 Å². The molecule has 21 heavy (non-hydrogen) atoms. The molecule has 3 rings (SSSR count). The molecule has 0 spiro atoms. The second-order valence-electron chi connectivity index (χ2n) is 5.33. The summed E-state index contributed by atoms with van der Waals surface area (Å²) in [5.74, 6) is 0.441. The highest BCUT2D eigenvalue weighted by molar-refractivity contribution is 5.92. The third-order valence-electron chi connectivity index (χ3n) is 3.39. The maximum absolute atomic E-state index is 12.0. The Morgan fingerprint density at radius 2 is 2.05 bits per heavy atom. The molecule has 0 aliphatic heterocycles. The van der Waals surface area contributed by atoms with Gasteiger partial charge in [-0.05, 0) is 24.5 Å². The van der Waals surface area contributed by atoms with E-state index >= 15 is 0 Å². The fraction of sp³-hybridized carbons (Fsp3) is 0.312. The van der Waals surface area contributed by atoms with Gasteiger partial charge in [-0.25, -0.2) is 9.97 Å². The Labute approximate surface area is 124 Å². The third kappa shape index (κ3) is 3.56. The molecular weight excluding hydrogens is 264 g/mol. The van der Waals surface area contributed by atoms with Gasteiger partial charge in [0, 0.05) is 25.8 Å². The Morgan fingerprint density at radius 1 is 1.29 bits per heavy atom. The molecule has 0 bridgehead atoms. The first-order chi connectivity index (χ1) is 10.2. The molecule has 0 saturated heterocycles. The summed E-state index contributed by atoms with van der Waals surface area (Å²) in [7, 11) is 1.92. The van der Waals surface area contributed by atoms with Crippen molar-refractivity contribution in [1.82, 2.24) is 15.3 Å². The highest BCUT2D eigenvalue weighted by atomic mass is 16.2. The Bertz CT molecular complexity index is 625. The Hall–Kier alpha value is -2.43. The Balaban J connectivity index is 1.70. The zero-order chi connectivity index (χ0) is 14.7. The van der Waals surface area contributed by atoms with Gasteiger partial charge in [-0.3, -0.25) is 4.79 Å². The number of carbonyl (C=O) groups is 1. The molecule has 1 amide bonds. The highest BCUT2D eigenvalue weighted by Crippen LogP contribution is 2.19. The number of nitrogens with one attached hydrogen (secondary N) is 1. The lowest BCUT2D eigenvalue weighted by Crippen LogP contribution is -2.27. The summed E-state index contributed by atoms with van der Waals surface area (Å²) >= 11 is 0. The number of aromatic nitrogens is 2. The predicted octanol–water partition coefficient (Wildman–Crippen LogP) is 2.01. The molecule has 2 aromatic rings. The van der Waals surface area contributed by atoms with Crippen LogP contribution in [0.25, 0.3) is 0 Å². The van der Waals surface area contributed by atoms with Crippen LogP contribution in [0.3, 0.4) is 0 Å². The SMILES string of the molecule is CN(Cc1ccccc1)c1nccc(C(=O)NC2CC2)n1. The molecule has 0 atom stereocenters. The minimum Gasteiger partial charge on any atom is -0.348 e. The van der Waals surface area contributed by atoms with E-state index in [2.05, 4.69) is 27.4 Å². The lowest BCUT2D eigenvalue weighted by molar-refractivity contribution is 0.0946. The average molecular weight is 282 g/mol. The fourth-order valence-corrected chi connectivity index (χ4v) is 2.07. The van der Waals surface area contributed by atoms with Crippen LogP contribution in [0.15, 0.2) is 42.6 Å². The van der Waals surface area contributed by atoms with E-state index in [-0.39, 0.29) is 5.91 Å². The van der Waals surface area contributed by atoms with E-state index in [0.29, 0.717) is 24.2 Å². The van der Waals surface area contributed by atoms with Crippen molar-refractivity contribution in [1.29, 1.82) is 0 Å². The van der Waals surface area contributed by atoms with Crippen molar-refractivity contribution in [3.8, 4) is 0 Å². The molecule has 108 valence electrons. The number of rotatable bonds is 5. The minimum absolute atomic E-state index is 0.116. The molecule has 1 fully saturated rings. The number of carbonyl (C=O) groups excluding carboxylic acids is 1. The first-order valence-corrected chi connectivity index (χ1v) is 7.11. The van der Waals surface area contributed by atoms with Crippen LogP contribution in [0, 0.1) is 0 Å². The summed E-state index contributed by atoms with van der Waals surface area (Å²) in [5, 5.41) is 2.94. The van der Waals surface area contributed by atoms with Crippen molar-refractivity contribution in [2.45, 2.75) is 25.4 Å². The molecule has 1 aromatic heterocycles. The molecule has 1 aromatic carbocycles. The van der Waals surface area contributed by atoms with Crippen LogP contribution < -0.4 is 10.2 Å². The molecular formula is C16H18N4O. The average Bonchev–Trinajstić information content (AvgIpc) is 3.32. The summed E-state index contributed by atoms with van der Waals surface area (Å²) in [6.45, 7) is 0.703. The number of anilines is 1. The molecule has 1 aliphatic rings. The summed E-state index contributed by atoms with van der Waals surface area (Å²) in [6, 6.07) is 12.1. The summed E-state index contributed by atoms with van der Waals surface area (Å²) in [5.41, 5.74) is 1.60. The topological polar surface area (TPSA) is 58.1 Å². The van der Waals surface area contributed by atoms with Crippen molar-refractivity contribution in [3.63, 3.8) is 0 Å². The Kier molecular flexibility index (Phi) is 3.81. The van der Waals surface area contributed by atoms with Gasteiger partial charge in [0.15, 0.2) is 0 Å². The van der Waals surface area contributed by atoms with E-state index in [0.717, 1.165) is 12.8 Å². The first kappa shape index (κ1) is 13.5. The Morgan fingerprint density at radius 3 is 2.76 bits per heavy atom. The molecule has 1 heterocycles. The van der Waals surface area contributed by atoms with Crippen molar-refractivity contribution in [2.24, 2.45) is 0 Å². The van der Waals surface area contributed by atoms with E-state index in [4.69, 9.17) is 0 Å². The maximum Gasteiger partial charge on any atom is 0.270 e. The molecule has 0 unspecified atom stereocenters. The van der Waals surface area contributed by atoms with Crippen LogP contribution in [0.2, 0.25) is 0 Å². The van der Waals surface area contributed by atoms with E-state index in [1.807, 2.05) is 30.1 Å². The normalized spacial score (nSPS) is 13.8. The molecule has 0 radical (unpaired) electrons. The van der Waals surface area contributed by atoms with Gasteiger partial charge in [0.2, 0.25) is 5.95 Å².